The van der Waals surface area contributed by atoms with Gasteiger partial charge in [-0.2, -0.15) is 0 Å². The number of nitrogens with one attached hydrogen (secondary N) is 1. The third kappa shape index (κ3) is 3.24. The van der Waals surface area contributed by atoms with Crippen molar-refractivity contribution in [3.63, 3.8) is 0 Å². The third-order valence-corrected chi connectivity index (χ3v) is 3.79. The van der Waals surface area contributed by atoms with Crippen molar-refractivity contribution < 1.29 is 5.21 Å². The third-order valence-electron chi connectivity index (χ3n) is 2.79. The average molecular weight is 308 g/mol. The summed E-state index contributed by atoms with van der Waals surface area (Å²) in [6, 6.07) is 3.61. The number of hydrogen-bond acceptors (Lipinski definition) is 6. The molecule has 0 bridgehead atoms. The maximum atomic E-state index is 11.7. The Labute approximate surface area is 125 Å². The predicted molar refractivity (Wildman–Crippen MR) is 79.5 cm³/mol. The molecule has 0 amide bonds. The fourth-order valence-corrected chi connectivity index (χ4v) is 2.88. The minimum Gasteiger partial charge on any atom is -0.409 e. The topological polar surface area (TPSA) is 122 Å². The second kappa shape index (κ2) is 6.44. The van der Waals surface area contributed by atoms with E-state index in [4.69, 9.17) is 10.9 Å². The number of oxime groups is 1. The Bertz CT molecular complexity index is 706. The molecule has 0 aliphatic rings. The molecule has 0 aromatic carbocycles. The van der Waals surface area contributed by atoms with Crippen LogP contribution in [0.25, 0.3) is 0 Å². The van der Waals surface area contributed by atoms with Gasteiger partial charge in [0, 0.05) is 18.0 Å². The summed E-state index contributed by atoms with van der Waals surface area (Å²) in [4.78, 5) is 15.8. The molecule has 0 atom stereocenters. The molecule has 0 aliphatic carbocycles. The van der Waals surface area contributed by atoms with Crippen LogP contribution in [-0.4, -0.2) is 30.8 Å². The van der Waals surface area contributed by atoms with Gasteiger partial charge in [0.15, 0.2) is 11.0 Å². The minimum absolute atomic E-state index is 0.0104. The molecule has 2 rings (SSSR count). The van der Waals surface area contributed by atoms with Gasteiger partial charge in [0.1, 0.15) is 5.69 Å². The number of thioether (sulfide) groups is 1. The van der Waals surface area contributed by atoms with E-state index in [-0.39, 0.29) is 17.6 Å². The van der Waals surface area contributed by atoms with Gasteiger partial charge in [-0.05, 0) is 25.5 Å². The van der Waals surface area contributed by atoms with Crippen LogP contribution in [-0.2, 0) is 5.75 Å². The van der Waals surface area contributed by atoms with Crippen LogP contribution >= 0.6 is 11.8 Å². The van der Waals surface area contributed by atoms with Crippen LogP contribution in [0.3, 0.4) is 0 Å². The Balaban J connectivity index is 2.24. The fourth-order valence-electron chi connectivity index (χ4n) is 1.82. The molecule has 4 N–H and O–H groups in total. The largest absolute Gasteiger partial charge is 0.409 e. The second-order valence-electron chi connectivity index (χ2n) is 4.56. The number of nitrogens with zero attached hydrogens (tertiary/aromatic N) is 4. The van der Waals surface area contributed by atoms with Gasteiger partial charge in [-0.1, -0.05) is 23.0 Å². The van der Waals surface area contributed by atoms with Crippen molar-refractivity contribution >= 4 is 17.6 Å². The van der Waals surface area contributed by atoms with E-state index >= 15 is 0 Å². The van der Waals surface area contributed by atoms with Crippen molar-refractivity contribution in [1.82, 2.24) is 19.7 Å². The molecule has 0 saturated carbocycles. The first-order chi connectivity index (χ1) is 10.0. The highest BCUT2D eigenvalue weighted by Crippen LogP contribution is 2.22. The van der Waals surface area contributed by atoms with E-state index < -0.39 is 0 Å². The highest BCUT2D eigenvalue weighted by atomic mass is 32.2. The summed E-state index contributed by atoms with van der Waals surface area (Å²) in [7, 11) is 0. The van der Waals surface area contributed by atoms with Crippen LogP contribution in [0.4, 0.5) is 0 Å². The Morgan fingerprint density at radius 1 is 1.62 bits per heavy atom. The van der Waals surface area contributed by atoms with E-state index in [1.54, 1.807) is 16.8 Å². The van der Waals surface area contributed by atoms with E-state index in [0.29, 0.717) is 16.6 Å². The molecule has 2 heterocycles. The lowest BCUT2D eigenvalue weighted by molar-refractivity contribution is 0.318. The molecule has 112 valence electrons. The molecule has 0 saturated heterocycles. The molecule has 8 nitrogen and oxygen atoms in total. The van der Waals surface area contributed by atoms with Crippen molar-refractivity contribution in [2.45, 2.75) is 30.8 Å². The van der Waals surface area contributed by atoms with Crippen molar-refractivity contribution in [2.75, 3.05) is 0 Å². The summed E-state index contributed by atoms with van der Waals surface area (Å²) in [6.07, 6.45) is 1.57. The number of amidine groups is 1. The fraction of sp³-hybridized carbons (Fsp3) is 0.333. The lowest BCUT2D eigenvalue weighted by atomic mass is 10.2. The van der Waals surface area contributed by atoms with Crippen LogP contribution in [0.5, 0.6) is 0 Å². The number of aromatic nitrogens is 4. The van der Waals surface area contributed by atoms with Crippen molar-refractivity contribution in [2.24, 2.45) is 10.9 Å². The molecule has 2 aromatic rings. The number of rotatable bonds is 5. The van der Waals surface area contributed by atoms with Gasteiger partial charge in [-0.15, -0.1) is 5.10 Å². The Morgan fingerprint density at radius 3 is 3.05 bits per heavy atom. The van der Waals surface area contributed by atoms with Crippen molar-refractivity contribution in [1.29, 1.82) is 0 Å². The smallest absolute Gasteiger partial charge is 0.344 e. The molecular weight excluding hydrogens is 292 g/mol. The van der Waals surface area contributed by atoms with Gasteiger partial charge in [-0.3, -0.25) is 9.55 Å². The van der Waals surface area contributed by atoms with E-state index in [0.717, 1.165) is 5.56 Å². The molecule has 0 spiro atoms. The van der Waals surface area contributed by atoms with Crippen molar-refractivity contribution in [3.05, 3.63) is 40.1 Å². The summed E-state index contributed by atoms with van der Waals surface area (Å²) in [6.45, 7) is 3.82. The van der Waals surface area contributed by atoms with Gasteiger partial charge in [0.2, 0.25) is 0 Å². The van der Waals surface area contributed by atoms with E-state index in [2.05, 4.69) is 20.3 Å². The molecule has 9 heteroatoms. The number of aromatic amines is 1. The predicted octanol–water partition coefficient (Wildman–Crippen LogP) is 0.934. The number of hydrogen-bond donors (Lipinski definition) is 3. The first-order valence-corrected chi connectivity index (χ1v) is 7.24. The monoisotopic (exact) mass is 308 g/mol. The highest BCUT2D eigenvalue weighted by Gasteiger charge is 2.14. The highest BCUT2D eigenvalue weighted by molar-refractivity contribution is 7.98. The Kier molecular flexibility index (Phi) is 4.63. The zero-order valence-electron chi connectivity index (χ0n) is 11.6. The van der Waals surface area contributed by atoms with Crippen molar-refractivity contribution in [3.8, 4) is 0 Å². The minimum atomic E-state index is -0.240. The number of nitrogens with two attached hydrogens (primary N) is 1. The van der Waals surface area contributed by atoms with E-state index in [9.17, 15) is 4.79 Å². The first kappa shape index (κ1) is 15.1. The lowest BCUT2D eigenvalue weighted by Crippen LogP contribution is -2.19. The number of pyridine rings is 1. The summed E-state index contributed by atoms with van der Waals surface area (Å²) in [5.74, 6) is 0.450. The Morgan fingerprint density at radius 2 is 2.38 bits per heavy atom. The van der Waals surface area contributed by atoms with Crippen LogP contribution in [0.15, 0.2) is 33.4 Å². The molecule has 0 aliphatic heterocycles. The van der Waals surface area contributed by atoms with Crippen LogP contribution in [0.1, 0.15) is 31.1 Å². The van der Waals surface area contributed by atoms with Gasteiger partial charge < -0.3 is 10.9 Å². The van der Waals surface area contributed by atoms with E-state index in [1.807, 2.05) is 19.9 Å². The first-order valence-electron chi connectivity index (χ1n) is 6.26. The average Bonchev–Trinajstić information content (AvgIpc) is 2.85. The second-order valence-corrected chi connectivity index (χ2v) is 5.50. The van der Waals surface area contributed by atoms with Crippen LogP contribution in [0.2, 0.25) is 0 Å². The van der Waals surface area contributed by atoms with Crippen LogP contribution < -0.4 is 11.4 Å². The zero-order chi connectivity index (χ0) is 15.4. The van der Waals surface area contributed by atoms with Gasteiger partial charge >= 0.3 is 5.69 Å². The molecule has 21 heavy (non-hydrogen) atoms. The molecule has 2 aromatic heterocycles. The SMILES string of the molecule is CC(C)n1c(SCc2cccnc2C(N)=NO)n[nH]c1=O. The summed E-state index contributed by atoms with van der Waals surface area (Å²) < 4.78 is 1.57. The number of H-pyrrole nitrogens is 1. The normalized spacial score (nSPS) is 12.0. The van der Waals surface area contributed by atoms with Gasteiger partial charge in [0.05, 0.1) is 0 Å². The van der Waals surface area contributed by atoms with Crippen LogP contribution in [0, 0.1) is 0 Å². The quantitative estimate of drug-likeness (QED) is 0.248. The summed E-state index contributed by atoms with van der Waals surface area (Å²) in [5.41, 5.74) is 6.57. The maximum absolute atomic E-state index is 11.7. The molecule has 0 fully saturated rings. The Hall–Kier alpha value is -2.29. The van der Waals surface area contributed by atoms with Gasteiger partial charge in [0.25, 0.3) is 0 Å². The molecule has 0 radical (unpaired) electrons. The van der Waals surface area contributed by atoms with Gasteiger partial charge in [-0.25, -0.2) is 9.89 Å². The summed E-state index contributed by atoms with van der Waals surface area (Å²) >= 11 is 1.38. The molecule has 0 unspecified atom stereocenters. The maximum Gasteiger partial charge on any atom is 0.344 e. The zero-order valence-corrected chi connectivity index (χ0v) is 12.5. The standard InChI is InChI=1S/C12H16N6O2S/c1-7(2)18-11(19)15-16-12(18)21-6-8-4-3-5-14-9(8)10(13)17-20/h3-5,7,20H,6H2,1-2H3,(H2,13,17)(H,15,19). The summed E-state index contributed by atoms with van der Waals surface area (Å²) in [5, 5.41) is 18.8. The molecular formula is C12H16N6O2S. The van der Waals surface area contributed by atoms with E-state index in [1.165, 1.54) is 11.8 Å². The lowest BCUT2D eigenvalue weighted by Gasteiger charge is -2.09.